The van der Waals surface area contributed by atoms with E-state index in [-0.39, 0.29) is 12.1 Å². The molecule has 0 aliphatic carbocycles. The van der Waals surface area contributed by atoms with Crippen LogP contribution in [0.1, 0.15) is 12.8 Å². The van der Waals surface area contributed by atoms with Crippen molar-refractivity contribution in [2.24, 2.45) is 0 Å². The summed E-state index contributed by atoms with van der Waals surface area (Å²) in [5.41, 5.74) is 1.22. The van der Waals surface area contributed by atoms with E-state index in [1.807, 2.05) is 23.1 Å². The van der Waals surface area contributed by atoms with Gasteiger partial charge in [-0.1, -0.05) is 18.2 Å². The summed E-state index contributed by atoms with van der Waals surface area (Å²) < 4.78 is 11.4. The molecule has 0 radical (unpaired) electrons. The summed E-state index contributed by atoms with van der Waals surface area (Å²) in [7, 11) is -0.750. The van der Waals surface area contributed by atoms with Crippen LogP contribution in [0.3, 0.4) is 0 Å². The molecular weight excluding hydrogens is 298 g/mol. The SMILES string of the molecule is O=C(N[C@@H]1CC[S@@](=O)C1)N1CCCN(c2ccccc2)CC1. The molecule has 6 heteroatoms. The van der Waals surface area contributed by atoms with Crippen LogP contribution in [-0.2, 0) is 10.8 Å². The van der Waals surface area contributed by atoms with E-state index in [1.54, 1.807) is 0 Å². The molecule has 0 spiro atoms. The topological polar surface area (TPSA) is 52.7 Å². The minimum atomic E-state index is -0.750. The van der Waals surface area contributed by atoms with Gasteiger partial charge < -0.3 is 15.1 Å². The molecule has 2 atom stereocenters. The Morgan fingerprint density at radius 1 is 1.14 bits per heavy atom. The number of anilines is 1. The zero-order chi connectivity index (χ0) is 15.4. The van der Waals surface area contributed by atoms with Gasteiger partial charge in [0.1, 0.15) is 0 Å². The van der Waals surface area contributed by atoms with Crippen LogP contribution >= 0.6 is 0 Å². The van der Waals surface area contributed by atoms with Crippen LogP contribution < -0.4 is 10.2 Å². The molecular formula is C16H23N3O2S. The Hall–Kier alpha value is -1.56. The highest BCUT2D eigenvalue weighted by atomic mass is 32.2. The number of para-hydroxylation sites is 1. The van der Waals surface area contributed by atoms with E-state index in [0.29, 0.717) is 11.5 Å². The third kappa shape index (κ3) is 3.80. The van der Waals surface area contributed by atoms with Gasteiger partial charge in [0.15, 0.2) is 0 Å². The van der Waals surface area contributed by atoms with Gasteiger partial charge in [-0.25, -0.2) is 4.79 Å². The van der Waals surface area contributed by atoms with E-state index >= 15 is 0 Å². The van der Waals surface area contributed by atoms with Crippen LogP contribution in [0, 0.1) is 0 Å². The lowest BCUT2D eigenvalue weighted by Crippen LogP contribution is -2.46. The monoisotopic (exact) mass is 321 g/mol. The zero-order valence-electron chi connectivity index (χ0n) is 12.7. The average molecular weight is 321 g/mol. The molecule has 2 heterocycles. The number of nitrogens with zero attached hydrogens (tertiary/aromatic N) is 2. The molecule has 2 saturated heterocycles. The van der Waals surface area contributed by atoms with E-state index in [4.69, 9.17) is 0 Å². The zero-order valence-corrected chi connectivity index (χ0v) is 13.6. The lowest BCUT2D eigenvalue weighted by molar-refractivity contribution is 0.198. The van der Waals surface area contributed by atoms with Crippen LogP contribution in [0.5, 0.6) is 0 Å². The van der Waals surface area contributed by atoms with Crippen molar-refractivity contribution in [1.29, 1.82) is 0 Å². The first-order chi connectivity index (χ1) is 10.7. The van der Waals surface area contributed by atoms with Crippen molar-refractivity contribution in [3.05, 3.63) is 30.3 Å². The second kappa shape index (κ2) is 7.13. The Morgan fingerprint density at radius 2 is 1.95 bits per heavy atom. The molecule has 0 saturated carbocycles. The third-order valence-corrected chi connectivity index (χ3v) is 5.78. The van der Waals surface area contributed by atoms with Gasteiger partial charge >= 0.3 is 6.03 Å². The largest absolute Gasteiger partial charge is 0.370 e. The molecule has 1 aromatic rings. The molecule has 0 bridgehead atoms. The molecule has 1 aromatic carbocycles. The predicted octanol–water partition coefficient (Wildman–Crippen LogP) is 1.43. The quantitative estimate of drug-likeness (QED) is 0.896. The number of benzene rings is 1. The first-order valence-corrected chi connectivity index (χ1v) is 9.41. The summed E-state index contributed by atoms with van der Waals surface area (Å²) in [5.74, 6) is 1.32. The molecule has 1 N–H and O–H groups in total. The number of amides is 2. The third-order valence-electron chi connectivity index (χ3n) is 4.31. The highest BCUT2D eigenvalue weighted by Gasteiger charge is 2.25. The normalized spacial score (nSPS) is 25.8. The Kier molecular flexibility index (Phi) is 4.97. The fourth-order valence-corrected chi connectivity index (χ4v) is 4.47. The number of rotatable bonds is 2. The molecule has 22 heavy (non-hydrogen) atoms. The Balaban J connectivity index is 1.53. The maximum atomic E-state index is 12.4. The molecule has 2 fully saturated rings. The van der Waals surface area contributed by atoms with Gasteiger partial charge in [-0.05, 0) is 25.0 Å². The maximum Gasteiger partial charge on any atom is 0.317 e. The van der Waals surface area contributed by atoms with Crippen molar-refractivity contribution in [3.63, 3.8) is 0 Å². The molecule has 2 amide bonds. The van der Waals surface area contributed by atoms with Gasteiger partial charge in [-0.15, -0.1) is 0 Å². The van der Waals surface area contributed by atoms with Gasteiger partial charge in [-0.3, -0.25) is 4.21 Å². The molecule has 2 aliphatic heterocycles. The van der Waals surface area contributed by atoms with Gasteiger partial charge in [0.2, 0.25) is 0 Å². The highest BCUT2D eigenvalue weighted by Crippen LogP contribution is 2.16. The van der Waals surface area contributed by atoms with E-state index in [9.17, 15) is 9.00 Å². The maximum absolute atomic E-state index is 12.4. The number of urea groups is 1. The standard InChI is InChI=1S/C16H23N3O2S/c20-16(17-14-7-12-22(21)13-14)19-9-4-8-18(10-11-19)15-5-2-1-3-6-15/h1-3,5-6,14H,4,7-13H2,(H,17,20)/t14-,22-/m1/s1. The molecule has 120 valence electrons. The van der Waals surface area contributed by atoms with Crippen LogP contribution in [-0.4, -0.2) is 58.9 Å². The number of carbonyl (C=O) groups excluding carboxylic acids is 1. The smallest absolute Gasteiger partial charge is 0.317 e. The van der Waals surface area contributed by atoms with Gasteiger partial charge in [-0.2, -0.15) is 0 Å². The van der Waals surface area contributed by atoms with Crippen molar-refractivity contribution in [2.45, 2.75) is 18.9 Å². The minimum absolute atomic E-state index is 0.00110. The predicted molar refractivity (Wildman–Crippen MR) is 89.7 cm³/mol. The molecule has 0 unspecified atom stereocenters. The Morgan fingerprint density at radius 3 is 2.68 bits per heavy atom. The Labute approximate surface area is 134 Å². The fraction of sp³-hybridized carbons (Fsp3) is 0.562. The molecule has 0 aromatic heterocycles. The lowest BCUT2D eigenvalue weighted by atomic mass is 10.3. The second-order valence-corrected chi connectivity index (χ2v) is 7.53. The van der Waals surface area contributed by atoms with Crippen LogP contribution in [0.4, 0.5) is 10.5 Å². The summed E-state index contributed by atoms with van der Waals surface area (Å²) in [5, 5.41) is 3.04. The van der Waals surface area contributed by atoms with Crippen LogP contribution in [0.2, 0.25) is 0 Å². The summed E-state index contributed by atoms with van der Waals surface area (Å²) >= 11 is 0. The summed E-state index contributed by atoms with van der Waals surface area (Å²) in [6.45, 7) is 3.34. The first-order valence-electron chi connectivity index (χ1n) is 7.93. The minimum Gasteiger partial charge on any atom is -0.370 e. The summed E-state index contributed by atoms with van der Waals surface area (Å²) in [6, 6.07) is 10.4. The van der Waals surface area contributed by atoms with E-state index in [0.717, 1.165) is 39.0 Å². The van der Waals surface area contributed by atoms with Gasteiger partial charge in [0, 0.05) is 60.2 Å². The van der Waals surface area contributed by atoms with Crippen molar-refractivity contribution in [2.75, 3.05) is 42.6 Å². The molecule has 2 aliphatic rings. The van der Waals surface area contributed by atoms with Gasteiger partial charge in [0.05, 0.1) is 0 Å². The average Bonchev–Trinajstić information content (AvgIpc) is 2.80. The number of hydrogen-bond donors (Lipinski definition) is 1. The molecule has 5 nitrogen and oxygen atoms in total. The van der Waals surface area contributed by atoms with Crippen molar-refractivity contribution in [3.8, 4) is 0 Å². The summed E-state index contributed by atoms with van der Waals surface area (Å²) in [4.78, 5) is 16.6. The lowest BCUT2D eigenvalue weighted by Gasteiger charge is -2.24. The van der Waals surface area contributed by atoms with Crippen molar-refractivity contribution in [1.82, 2.24) is 10.2 Å². The van der Waals surface area contributed by atoms with E-state index < -0.39 is 10.8 Å². The van der Waals surface area contributed by atoms with Crippen molar-refractivity contribution >= 4 is 22.5 Å². The summed E-state index contributed by atoms with van der Waals surface area (Å²) in [6.07, 6.45) is 1.81. The fourth-order valence-electron chi connectivity index (χ4n) is 3.06. The Bertz CT molecular complexity index is 537. The van der Waals surface area contributed by atoms with Crippen LogP contribution in [0.25, 0.3) is 0 Å². The van der Waals surface area contributed by atoms with Crippen LogP contribution in [0.15, 0.2) is 30.3 Å². The van der Waals surface area contributed by atoms with E-state index in [1.165, 1.54) is 5.69 Å². The highest BCUT2D eigenvalue weighted by molar-refractivity contribution is 7.85. The number of nitrogens with one attached hydrogen (secondary N) is 1. The first kappa shape index (κ1) is 15.3. The second-order valence-electron chi connectivity index (χ2n) is 5.91. The van der Waals surface area contributed by atoms with Gasteiger partial charge in [0.25, 0.3) is 0 Å². The number of hydrogen-bond acceptors (Lipinski definition) is 3. The number of carbonyl (C=O) groups is 1. The van der Waals surface area contributed by atoms with Crippen molar-refractivity contribution < 1.29 is 9.00 Å². The molecule has 3 rings (SSSR count). The van der Waals surface area contributed by atoms with E-state index in [2.05, 4.69) is 22.3 Å².